The molecule has 0 amide bonds. The van der Waals surface area contributed by atoms with Crippen LogP contribution in [0, 0.1) is 0 Å². The van der Waals surface area contributed by atoms with E-state index in [0.717, 1.165) is 37.5 Å². The van der Waals surface area contributed by atoms with Gasteiger partial charge in [-0.1, -0.05) is 12.1 Å². The number of likely N-dealkylation sites (N-methyl/N-ethyl adjacent to an activating group) is 1. The molecule has 0 radical (unpaired) electrons. The van der Waals surface area contributed by atoms with E-state index in [9.17, 15) is 0 Å². The van der Waals surface area contributed by atoms with Gasteiger partial charge in [0, 0.05) is 25.2 Å². The van der Waals surface area contributed by atoms with Crippen LogP contribution in [0.5, 0.6) is 5.75 Å². The topological polar surface area (TPSA) is 47.7 Å². The Labute approximate surface area is 109 Å². The minimum absolute atomic E-state index is 0.0292. The van der Waals surface area contributed by atoms with Gasteiger partial charge in [0.2, 0.25) is 0 Å². The van der Waals surface area contributed by atoms with Gasteiger partial charge in [0.15, 0.2) is 0 Å². The summed E-state index contributed by atoms with van der Waals surface area (Å²) < 4.78 is 10.5. The molecule has 1 aromatic carbocycles. The highest BCUT2D eigenvalue weighted by Crippen LogP contribution is 2.18. The second-order valence-corrected chi connectivity index (χ2v) is 4.84. The van der Waals surface area contributed by atoms with Crippen LogP contribution in [-0.2, 0) is 4.74 Å². The van der Waals surface area contributed by atoms with E-state index in [1.807, 2.05) is 24.3 Å². The molecule has 0 spiro atoms. The van der Waals surface area contributed by atoms with Crippen molar-refractivity contribution < 1.29 is 9.47 Å². The maximum atomic E-state index is 6.23. The largest absolute Gasteiger partial charge is 0.497 e. The Hall–Kier alpha value is -1.10. The Morgan fingerprint density at radius 2 is 2.17 bits per heavy atom. The van der Waals surface area contributed by atoms with Gasteiger partial charge in [0.1, 0.15) is 5.75 Å². The molecule has 0 aliphatic carbocycles. The van der Waals surface area contributed by atoms with Gasteiger partial charge in [0.05, 0.1) is 13.7 Å². The minimum atomic E-state index is 0.0292. The van der Waals surface area contributed by atoms with Crippen LogP contribution in [0.1, 0.15) is 18.0 Å². The average molecular weight is 250 g/mol. The number of nitrogens with zero attached hydrogens (tertiary/aromatic N) is 1. The van der Waals surface area contributed by atoms with Gasteiger partial charge in [0.25, 0.3) is 0 Å². The summed E-state index contributed by atoms with van der Waals surface area (Å²) in [5.74, 6) is 0.864. The zero-order chi connectivity index (χ0) is 13.0. The van der Waals surface area contributed by atoms with Crippen molar-refractivity contribution in [1.82, 2.24) is 4.90 Å². The van der Waals surface area contributed by atoms with Crippen LogP contribution in [0.2, 0.25) is 0 Å². The van der Waals surface area contributed by atoms with Crippen molar-refractivity contribution in [2.24, 2.45) is 5.73 Å². The molecular weight excluding hydrogens is 228 g/mol. The van der Waals surface area contributed by atoms with Gasteiger partial charge in [-0.15, -0.1) is 0 Å². The lowest BCUT2D eigenvalue weighted by atomic mass is 10.1. The van der Waals surface area contributed by atoms with Gasteiger partial charge < -0.3 is 15.2 Å². The molecule has 18 heavy (non-hydrogen) atoms. The van der Waals surface area contributed by atoms with Crippen molar-refractivity contribution in [2.45, 2.75) is 18.5 Å². The Kier molecular flexibility index (Phi) is 4.58. The Morgan fingerprint density at radius 3 is 2.72 bits per heavy atom. The van der Waals surface area contributed by atoms with Crippen molar-refractivity contribution in [3.05, 3.63) is 29.8 Å². The van der Waals surface area contributed by atoms with Crippen LogP contribution in [0.25, 0.3) is 0 Å². The third-order valence-electron chi connectivity index (χ3n) is 3.56. The second kappa shape index (κ2) is 6.18. The molecule has 0 bridgehead atoms. The zero-order valence-electron chi connectivity index (χ0n) is 11.1. The number of benzene rings is 1. The summed E-state index contributed by atoms with van der Waals surface area (Å²) in [6, 6.07) is 8.50. The first-order valence-corrected chi connectivity index (χ1v) is 6.38. The van der Waals surface area contributed by atoms with Crippen molar-refractivity contribution in [2.75, 3.05) is 33.9 Å². The summed E-state index contributed by atoms with van der Waals surface area (Å²) in [4.78, 5) is 2.29. The molecule has 1 aliphatic heterocycles. The molecule has 1 fully saturated rings. The van der Waals surface area contributed by atoms with Crippen LogP contribution >= 0.6 is 0 Å². The Bertz CT molecular complexity index is 361. The normalized spacial score (nSPS) is 21.2. The molecule has 0 aromatic heterocycles. The third-order valence-corrected chi connectivity index (χ3v) is 3.56. The first kappa shape index (κ1) is 13.3. The van der Waals surface area contributed by atoms with E-state index in [-0.39, 0.29) is 6.04 Å². The summed E-state index contributed by atoms with van der Waals surface area (Å²) in [5.41, 5.74) is 7.37. The van der Waals surface area contributed by atoms with Gasteiger partial charge >= 0.3 is 0 Å². The van der Waals surface area contributed by atoms with Crippen LogP contribution in [0.3, 0.4) is 0 Å². The molecule has 4 nitrogen and oxygen atoms in total. The second-order valence-electron chi connectivity index (χ2n) is 4.84. The van der Waals surface area contributed by atoms with Gasteiger partial charge in [-0.3, -0.25) is 4.90 Å². The number of hydrogen-bond donors (Lipinski definition) is 1. The smallest absolute Gasteiger partial charge is 0.118 e. The SMILES string of the molecule is COc1ccc(C(N)CN(C)C2CCOC2)cc1. The molecule has 0 saturated carbocycles. The maximum Gasteiger partial charge on any atom is 0.118 e. The summed E-state index contributed by atoms with van der Waals surface area (Å²) in [6.07, 6.45) is 1.10. The fourth-order valence-corrected chi connectivity index (χ4v) is 2.29. The van der Waals surface area contributed by atoms with E-state index in [0.29, 0.717) is 6.04 Å². The summed E-state index contributed by atoms with van der Waals surface area (Å²) in [7, 11) is 3.78. The summed E-state index contributed by atoms with van der Waals surface area (Å²) >= 11 is 0. The molecule has 2 N–H and O–H groups in total. The molecule has 1 saturated heterocycles. The highest BCUT2D eigenvalue weighted by atomic mass is 16.5. The number of methoxy groups -OCH3 is 1. The van der Waals surface area contributed by atoms with Gasteiger partial charge in [-0.05, 0) is 31.2 Å². The van der Waals surface area contributed by atoms with E-state index >= 15 is 0 Å². The molecule has 1 aromatic rings. The third kappa shape index (κ3) is 3.22. The number of nitrogens with two attached hydrogens (primary N) is 1. The van der Waals surface area contributed by atoms with Gasteiger partial charge in [-0.2, -0.15) is 0 Å². The van der Waals surface area contributed by atoms with Crippen molar-refractivity contribution >= 4 is 0 Å². The van der Waals surface area contributed by atoms with E-state index in [1.165, 1.54) is 0 Å². The quantitative estimate of drug-likeness (QED) is 0.858. The van der Waals surface area contributed by atoms with E-state index in [4.69, 9.17) is 15.2 Å². The highest BCUT2D eigenvalue weighted by Gasteiger charge is 2.21. The first-order chi connectivity index (χ1) is 8.70. The van der Waals surface area contributed by atoms with E-state index in [1.54, 1.807) is 7.11 Å². The number of ether oxygens (including phenoxy) is 2. The van der Waals surface area contributed by atoms with Crippen molar-refractivity contribution in [1.29, 1.82) is 0 Å². The van der Waals surface area contributed by atoms with E-state index < -0.39 is 0 Å². The lowest BCUT2D eigenvalue weighted by Crippen LogP contribution is -2.37. The number of rotatable bonds is 5. The van der Waals surface area contributed by atoms with Gasteiger partial charge in [-0.25, -0.2) is 0 Å². The molecule has 1 heterocycles. The molecule has 100 valence electrons. The van der Waals surface area contributed by atoms with Crippen LogP contribution in [-0.4, -0.2) is 44.9 Å². The first-order valence-electron chi connectivity index (χ1n) is 6.38. The molecule has 1 aliphatic rings. The fourth-order valence-electron chi connectivity index (χ4n) is 2.29. The van der Waals surface area contributed by atoms with Crippen molar-refractivity contribution in [3.8, 4) is 5.75 Å². The predicted molar refractivity (Wildman–Crippen MR) is 71.8 cm³/mol. The standard InChI is InChI=1S/C14H22N2O2/c1-16(12-7-8-18-10-12)9-14(15)11-3-5-13(17-2)6-4-11/h3-6,12,14H,7-10,15H2,1-2H3. The lowest BCUT2D eigenvalue weighted by molar-refractivity contribution is 0.156. The van der Waals surface area contributed by atoms with Crippen LogP contribution < -0.4 is 10.5 Å². The van der Waals surface area contributed by atoms with Crippen LogP contribution in [0.4, 0.5) is 0 Å². The summed E-state index contributed by atoms with van der Waals surface area (Å²) in [5, 5.41) is 0. The maximum absolute atomic E-state index is 6.23. The Balaban J connectivity index is 1.91. The highest BCUT2D eigenvalue weighted by molar-refractivity contribution is 5.29. The molecule has 2 unspecified atom stereocenters. The lowest BCUT2D eigenvalue weighted by Gasteiger charge is -2.26. The average Bonchev–Trinajstić information content (AvgIpc) is 2.92. The monoisotopic (exact) mass is 250 g/mol. The van der Waals surface area contributed by atoms with Crippen LogP contribution in [0.15, 0.2) is 24.3 Å². The Morgan fingerprint density at radius 1 is 1.44 bits per heavy atom. The molecule has 2 atom stereocenters. The molecule has 4 heteroatoms. The minimum Gasteiger partial charge on any atom is -0.497 e. The predicted octanol–water partition coefficient (Wildman–Crippen LogP) is 1.42. The molecule has 2 rings (SSSR count). The van der Waals surface area contributed by atoms with E-state index in [2.05, 4.69) is 11.9 Å². The fraction of sp³-hybridized carbons (Fsp3) is 0.571. The summed E-state index contributed by atoms with van der Waals surface area (Å²) in [6.45, 7) is 2.54. The van der Waals surface area contributed by atoms with Crippen molar-refractivity contribution in [3.63, 3.8) is 0 Å². The number of hydrogen-bond acceptors (Lipinski definition) is 4. The zero-order valence-corrected chi connectivity index (χ0v) is 11.1. The molecular formula is C14H22N2O2.